The van der Waals surface area contributed by atoms with Gasteiger partial charge in [0, 0.05) is 17.8 Å². The number of hydrogen-bond donors (Lipinski definition) is 1. The van der Waals surface area contributed by atoms with Gasteiger partial charge in [-0.2, -0.15) is 0 Å². The number of benzene rings is 3. The van der Waals surface area contributed by atoms with Crippen LogP contribution in [-0.4, -0.2) is 18.2 Å². The van der Waals surface area contributed by atoms with Gasteiger partial charge in [-0.25, -0.2) is 0 Å². The summed E-state index contributed by atoms with van der Waals surface area (Å²) in [4.78, 5) is 27.1. The average Bonchev–Trinajstić information content (AvgIpc) is 2.81. The fourth-order valence-corrected chi connectivity index (χ4v) is 9.01. The maximum atomic E-state index is 13.2. The predicted octanol–water partition coefficient (Wildman–Crippen LogP) is 4.51. The smallest absolute Gasteiger partial charge is 0.293 e. The van der Waals surface area contributed by atoms with Gasteiger partial charge in [0.1, 0.15) is 5.52 Å². The van der Waals surface area contributed by atoms with Crippen LogP contribution in [0.25, 0.3) is 10.9 Å². The van der Waals surface area contributed by atoms with E-state index in [1.165, 1.54) is 18.3 Å². The van der Waals surface area contributed by atoms with E-state index < -0.39 is 13.2 Å². The Balaban J connectivity index is 1.84. The lowest BCUT2D eigenvalue weighted by atomic mass is 10.1. The number of aromatic nitrogens is 1. The minimum absolute atomic E-state index is 0.0985. The van der Waals surface area contributed by atoms with E-state index in [9.17, 15) is 14.9 Å². The highest BCUT2D eigenvalue weighted by atomic mass is 28.4. The highest BCUT2D eigenvalue weighted by Crippen LogP contribution is 2.37. The second kappa shape index (κ2) is 8.76. The van der Waals surface area contributed by atoms with Crippen molar-refractivity contribution in [3.8, 4) is 0 Å². The molecule has 0 saturated heterocycles. The Morgan fingerprint density at radius 3 is 2.00 bits per heavy atom. The van der Waals surface area contributed by atoms with Crippen molar-refractivity contribution in [2.75, 3.05) is 0 Å². The third-order valence-electron chi connectivity index (χ3n) is 6.03. The van der Waals surface area contributed by atoms with Gasteiger partial charge in [-0.3, -0.25) is 14.9 Å². The molecule has 168 valence electrons. The Hall–Kier alpha value is -3.55. The van der Waals surface area contributed by atoms with Crippen molar-refractivity contribution in [2.24, 2.45) is 0 Å². The number of hydrogen-bond acceptors (Lipinski definition) is 4. The molecule has 0 radical (unpaired) electrons. The molecule has 0 unspecified atom stereocenters. The number of nitrogens with zero attached hydrogens (tertiary/aromatic N) is 1. The molecule has 3 aromatic carbocycles. The summed E-state index contributed by atoms with van der Waals surface area (Å²) in [5, 5.41) is 13.7. The first kappa shape index (κ1) is 22.6. The van der Waals surface area contributed by atoms with Crippen molar-refractivity contribution < 1.29 is 9.35 Å². The molecule has 1 N–H and O–H groups in total. The van der Waals surface area contributed by atoms with Crippen LogP contribution in [0.3, 0.4) is 0 Å². The molecule has 0 aliphatic heterocycles. The summed E-state index contributed by atoms with van der Waals surface area (Å²) in [7, 11) is -2.81. The van der Waals surface area contributed by atoms with Gasteiger partial charge in [0.15, 0.2) is 5.43 Å². The number of fused-ring (bicyclic) bond motifs is 1. The first-order valence-electron chi connectivity index (χ1n) is 10.8. The van der Waals surface area contributed by atoms with Crippen molar-refractivity contribution in [2.45, 2.75) is 32.4 Å². The Labute approximate surface area is 193 Å². The molecule has 0 atom stereocenters. The molecule has 0 bridgehead atoms. The molecule has 0 fully saturated rings. The number of pyridine rings is 1. The van der Waals surface area contributed by atoms with E-state index in [-0.39, 0.29) is 33.7 Å². The van der Waals surface area contributed by atoms with Crippen LogP contribution in [0.15, 0.2) is 89.9 Å². The summed E-state index contributed by atoms with van der Waals surface area (Å²) in [6.07, 6.45) is 1.54. The Morgan fingerprint density at radius 1 is 0.909 bits per heavy atom. The maximum Gasteiger partial charge on any atom is 0.293 e. The monoisotopic (exact) mass is 458 g/mol. The highest BCUT2D eigenvalue weighted by Gasteiger charge is 2.50. The molecule has 1 aromatic heterocycles. The van der Waals surface area contributed by atoms with Crippen molar-refractivity contribution in [3.05, 3.63) is 111 Å². The molecule has 1 heterocycles. The van der Waals surface area contributed by atoms with Gasteiger partial charge in [-0.15, -0.1) is 0 Å². The fraction of sp³-hybridized carbons (Fsp3) is 0.192. The Morgan fingerprint density at radius 2 is 1.48 bits per heavy atom. The van der Waals surface area contributed by atoms with E-state index in [2.05, 4.69) is 50.0 Å². The topological polar surface area (TPSA) is 85.2 Å². The van der Waals surface area contributed by atoms with Crippen LogP contribution in [0.4, 0.5) is 5.69 Å². The van der Waals surface area contributed by atoms with E-state index in [0.717, 1.165) is 10.4 Å². The Kier molecular flexibility index (Phi) is 6.01. The second-order valence-corrected chi connectivity index (χ2v) is 13.4. The number of non-ortho nitro benzene ring substituents is 1. The zero-order chi connectivity index (χ0) is 23.6. The standard InChI is InChI=1S/C26H26N2O4Si/c1-26(2,3)33(20-11-6-4-7-12-20,21-13-8-5-9-14-21)32-18-19-17-27-24-22(25(19)29)15-10-16-23(24)28(30)31/h4-17H,18H2,1-3H3,(H,27,29). The van der Waals surface area contributed by atoms with Crippen molar-refractivity contribution in [1.82, 2.24) is 4.98 Å². The maximum absolute atomic E-state index is 13.2. The lowest BCUT2D eigenvalue weighted by Gasteiger charge is -2.43. The minimum Gasteiger partial charge on any atom is -0.403 e. The molecule has 6 nitrogen and oxygen atoms in total. The molecule has 4 aromatic rings. The molecule has 4 rings (SSSR count). The third-order valence-corrected chi connectivity index (χ3v) is 11.0. The number of rotatable bonds is 6. The largest absolute Gasteiger partial charge is 0.403 e. The van der Waals surface area contributed by atoms with Crippen LogP contribution >= 0.6 is 0 Å². The SMILES string of the molecule is CC(C)(C)[Si](OCc1c[nH]c2c([N+](=O)[O-])cccc2c1=O)(c1ccccc1)c1ccccc1. The quantitative estimate of drug-likeness (QED) is 0.262. The summed E-state index contributed by atoms with van der Waals surface area (Å²) in [5.41, 5.74) is 0.284. The third kappa shape index (κ3) is 4.01. The Bertz CT molecular complexity index is 1310. The van der Waals surface area contributed by atoms with E-state index in [1.54, 1.807) is 6.07 Å². The molecule has 0 saturated carbocycles. The van der Waals surface area contributed by atoms with Gasteiger partial charge in [-0.1, -0.05) is 87.5 Å². The average molecular weight is 459 g/mol. The van der Waals surface area contributed by atoms with Gasteiger partial charge >= 0.3 is 0 Å². The van der Waals surface area contributed by atoms with Crippen LogP contribution in [0.1, 0.15) is 26.3 Å². The van der Waals surface area contributed by atoms with Gasteiger partial charge in [0.2, 0.25) is 0 Å². The number of aromatic amines is 1. The molecule has 0 amide bonds. The van der Waals surface area contributed by atoms with Gasteiger partial charge in [0.05, 0.1) is 16.9 Å². The summed E-state index contributed by atoms with van der Waals surface area (Å²) < 4.78 is 6.84. The molecule has 0 spiro atoms. The fourth-order valence-electron chi connectivity index (χ4n) is 4.49. The van der Waals surface area contributed by atoms with Crippen molar-refractivity contribution >= 4 is 35.3 Å². The molecular weight excluding hydrogens is 432 g/mol. The van der Waals surface area contributed by atoms with Crippen LogP contribution < -0.4 is 15.8 Å². The van der Waals surface area contributed by atoms with Crippen LogP contribution in [0, 0.1) is 10.1 Å². The number of H-pyrrole nitrogens is 1. The molecule has 0 aliphatic carbocycles. The first-order valence-corrected chi connectivity index (χ1v) is 12.7. The van der Waals surface area contributed by atoms with Crippen molar-refractivity contribution in [3.63, 3.8) is 0 Å². The number of para-hydroxylation sites is 1. The molecular formula is C26H26N2O4Si. The summed E-state index contributed by atoms with van der Waals surface area (Å²) in [6, 6.07) is 24.9. The molecule has 7 heteroatoms. The minimum atomic E-state index is -2.81. The lowest BCUT2D eigenvalue weighted by molar-refractivity contribution is -0.383. The normalized spacial score (nSPS) is 12.1. The van der Waals surface area contributed by atoms with Crippen LogP contribution in [0.2, 0.25) is 5.04 Å². The zero-order valence-corrected chi connectivity index (χ0v) is 19.9. The predicted molar refractivity (Wildman–Crippen MR) is 134 cm³/mol. The van der Waals surface area contributed by atoms with Crippen LogP contribution in [0.5, 0.6) is 0 Å². The summed E-state index contributed by atoms with van der Waals surface area (Å²) in [6.45, 7) is 6.62. The van der Waals surface area contributed by atoms with E-state index >= 15 is 0 Å². The number of nitrogens with one attached hydrogen (secondary N) is 1. The van der Waals surface area contributed by atoms with Crippen LogP contribution in [-0.2, 0) is 11.0 Å². The van der Waals surface area contributed by atoms with E-state index in [4.69, 9.17) is 4.43 Å². The van der Waals surface area contributed by atoms with Crippen molar-refractivity contribution in [1.29, 1.82) is 0 Å². The van der Waals surface area contributed by atoms with Gasteiger partial charge in [0.25, 0.3) is 14.0 Å². The lowest BCUT2D eigenvalue weighted by Crippen LogP contribution is -2.66. The zero-order valence-electron chi connectivity index (χ0n) is 18.9. The first-order chi connectivity index (χ1) is 15.8. The van der Waals surface area contributed by atoms with Gasteiger partial charge < -0.3 is 9.41 Å². The van der Waals surface area contributed by atoms with E-state index in [0.29, 0.717) is 5.56 Å². The van der Waals surface area contributed by atoms with E-state index in [1.807, 2.05) is 36.4 Å². The van der Waals surface area contributed by atoms with Gasteiger partial charge in [-0.05, 0) is 21.5 Å². The second-order valence-electron chi connectivity index (χ2n) is 9.05. The summed E-state index contributed by atoms with van der Waals surface area (Å²) in [5.74, 6) is 0. The number of nitro benzene ring substituents is 1. The summed E-state index contributed by atoms with van der Waals surface area (Å²) >= 11 is 0. The number of nitro groups is 1. The molecule has 0 aliphatic rings. The highest BCUT2D eigenvalue weighted by molar-refractivity contribution is 6.99. The molecule has 33 heavy (non-hydrogen) atoms.